The van der Waals surface area contributed by atoms with Gasteiger partial charge in [-0.2, -0.15) is 0 Å². The van der Waals surface area contributed by atoms with Gasteiger partial charge in [-0.1, -0.05) is 53.5 Å². The zero-order valence-corrected chi connectivity index (χ0v) is 13.4. The summed E-state index contributed by atoms with van der Waals surface area (Å²) >= 11 is 11.8. The molecule has 0 aliphatic rings. The van der Waals surface area contributed by atoms with E-state index in [0.717, 1.165) is 5.56 Å². The zero-order valence-electron chi connectivity index (χ0n) is 11.9. The quantitative estimate of drug-likeness (QED) is 0.765. The summed E-state index contributed by atoms with van der Waals surface area (Å²) in [5, 5.41) is 14.9. The van der Waals surface area contributed by atoms with Crippen LogP contribution < -0.4 is 10.6 Å². The van der Waals surface area contributed by atoms with Crippen molar-refractivity contribution in [2.45, 2.75) is 12.5 Å². The molecule has 23 heavy (non-hydrogen) atoms. The molecule has 5 nitrogen and oxygen atoms in total. The maximum Gasteiger partial charge on any atom is 0.326 e. The van der Waals surface area contributed by atoms with Crippen molar-refractivity contribution in [3.63, 3.8) is 0 Å². The first-order valence-corrected chi connectivity index (χ1v) is 7.50. The molecule has 0 heterocycles. The van der Waals surface area contributed by atoms with E-state index in [1.165, 1.54) is 12.1 Å². The van der Waals surface area contributed by atoms with Crippen LogP contribution in [0, 0.1) is 0 Å². The number of amides is 2. The van der Waals surface area contributed by atoms with Crippen molar-refractivity contribution in [1.82, 2.24) is 5.32 Å². The standard InChI is InChI=1S/C16H14Cl2N2O3/c17-11-6-7-12(18)13(9-11)19-16(23)20-14(15(21)22)8-10-4-2-1-3-5-10/h1-7,9,14H,8H2,(H,21,22)(H2,19,20,23)/t14-/m0/s1. The highest BCUT2D eigenvalue weighted by Crippen LogP contribution is 2.25. The van der Waals surface area contributed by atoms with Gasteiger partial charge >= 0.3 is 12.0 Å². The van der Waals surface area contributed by atoms with Crippen molar-refractivity contribution < 1.29 is 14.7 Å². The predicted molar refractivity (Wildman–Crippen MR) is 90.2 cm³/mol. The van der Waals surface area contributed by atoms with Gasteiger partial charge in [0.05, 0.1) is 10.7 Å². The summed E-state index contributed by atoms with van der Waals surface area (Å²) in [5.74, 6) is -1.12. The molecule has 0 aliphatic carbocycles. The van der Waals surface area contributed by atoms with E-state index in [1.54, 1.807) is 30.3 Å². The van der Waals surface area contributed by atoms with Crippen LogP contribution in [0.4, 0.5) is 10.5 Å². The van der Waals surface area contributed by atoms with E-state index in [1.807, 2.05) is 6.07 Å². The van der Waals surface area contributed by atoms with Crippen LogP contribution in [0.15, 0.2) is 48.5 Å². The van der Waals surface area contributed by atoms with E-state index in [9.17, 15) is 14.7 Å². The Morgan fingerprint density at radius 3 is 2.43 bits per heavy atom. The Labute approximate surface area is 143 Å². The highest BCUT2D eigenvalue weighted by atomic mass is 35.5. The highest BCUT2D eigenvalue weighted by molar-refractivity contribution is 6.35. The summed E-state index contributed by atoms with van der Waals surface area (Å²) in [6.07, 6.45) is 0.173. The van der Waals surface area contributed by atoms with Crippen LogP contribution in [0.1, 0.15) is 5.56 Å². The van der Waals surface area contributed by atoms with Crippen molar-refractivity contribution >= 4 is 40.9 Å². The fourth-order valence-electron chi connectivity index (χ4n) is 1.96. The number of hydrogen-bond acceptors (Lipinski definition) is 2. The molecule has 0 aliphatic heterocycles. The van der Waals surface area contributed by atoms with Crippen LogP contribution in [-0.2, 0) is 11.2 Å². The summed E-state index contributed by atoms with van der Waals surface area (Å²) in [6.45, 7) is 0. The third kappa shape index (κ3) is 5.16. The lowest BCUT2D eigenvalue weighted by molar-refractivity contribution is -0.139. The molecule has 1 atom stereocenters. The van der Waals surface area contributed by atoms with Crippen molar-refractivity contribution in [2.24, 2.45) is 0 Å². The third-order valence-corrected chi connectivity index (χ3v) is 3.63. The average molecular weight is 353 g/mol. The van der Waals surface area contributed by atoms with Gasteiger partial charge < -0.3 is 15.7 Å². The molecule has 0 radical (unpaired) electrons. The Bertz CT molecular complexity index is 708. The molecule has 2 amide bonds. The first-order valence-electron chi connectivity index (χ1n) is 6.75. The second-order valence-electron chi connectivity index (χ2n) is 4.80. The Morgan fingerprint density at radius 1 is 1.09 bits per heavy atom. The SMILES string of the molecule is O=C(Nc1cc(Cl)ccc1Cl)N[C@@H](Cc1ccccc1)C(=O)O. The van der Waals surface area contributed by atoms with E-state index in [4.69, 9.17) is 23.2 Å². The van der Waals surface area contributed by atoms with Gasteiger partial charge in [-0.05, 0) is 23.8 Å². The molecule has 7 heteroatoms. The molecule has 2 aromatic carbocycles. The minimum atomic E-state index is -1.12. The maximum absolute atomic E-state index is 12.0. The average Bonchev–Trinajstić information content (AvgIpc) is 2.51. The molecule has 0 fully saturated rings. The lowest BCUT2D eigenvalue weighted by Gasteiger charge is -2.16. The van der Waals surface area contributed by atoms with Crippen LogP contribution in [0.25, 0.3) is 0 Å². The number of halogens is 2. The minimum absolute atomic E-state index is 0.173. The summed E-state index contributed by atoms with van der Waals surface area (Å²) < 4.78 is 0. The third-order valence-electron chi connectivity index (χ3n) is 3.06. The Kier molecular flexibility index (Phi) is 5.84. The van der Waals surface area contributed by atoms with Gasteiger partial charge in [-0.3, -0.25) is 0 Å². The number of rotatable bonds is 5. The molecule has 2 rings (SSSR count). The Morgan fingerprint density at radius 2 is 1.78 bits per heavy atom. The second kappa shape index (κ2) is 7.85. The molecule has 2 aromatic rings. The Balaban J connectivity index is 2.03. The van der Waals surface area contributed by atoms with Crippen LogP contribution in [0.2, 0.25) is 10.0 Å². The summed E-state index contributed by atoms with van der Waals surface area (Å²) in [5.41, 5.74) is 1.11. The zero-order chi connectivity index (χ0) is 16.8. The van der Waals surface area contributed by atoms with Gasteiger partial charge in [0.2, 0.25) is 0 Å². The molecule has 0 unspecified atom stereocenters. The number of anilines is 1. The molecular weight excluding hydrogens is 339 g/mol. The smallest absolute Gasteiger partial charge is 0.326 e. The molecule has 3 N–H and O–H groups in total. The Hall–Kier alpha value is -2.24. The number of aliphatic carboxylic acids is 1. The topological polar surface area (TPSA) is 78.4 Å². The first kappa shape index (κ1) is 17.1. The van der Waals surface area contributed by atoms with Gasteiger partial charge in [0, 0.05) is 11.4 Å². The van der Waals surface area contributed by atoms with E-state index < -0.39 is 18.0 Å². The molecule has 120 valence electrons. The normalized spacial score (nSPS) is 11.6. The van der Waals surface area contributed by atoms with Gasteiger partial charge in [-0.15, -0.1) is 0 Å². The van der Waals surface area contributed by atoms with E-state index in [-0.39, 0.29) is 6.42 Å². The molecule has 0 saturated heterocycles. The lowest BCUT2D eigenvalue weighted by Crippen LogP contribution is -2.44. The van der Waals surface area contributed by atoms with Gasteiger partial charge in [0.1, 0.15) is 6.04 Å². The minimum Gasteiger partial charge on any atom is -0.480 e. The predicted octanol–water partition coefficient (Wildman–Crippen LogP) is 3.81. The van der Waals surface area contributed by atoms with Crippen LogP contribution >= 0.6 is 23.2 Å². The summed E-state index contributed by atoms with van der Waals surface area (Å²) in [6, 6.07) is 11.9. The van der Waals surface area contributed by atoms with E-state index in [0.29, 0.717) is 15.7 Å². The van der Waals surface area contributed by atoms with E-state index >= 15 is 0 Å². The number of benzene rings is 2. The van der Waals surface area contributed by atoms with Crippen molar-refractivity contribution in [3.05, 3.63) is 64.1 Å². The monoisotopic (exact) mass is 352 g/mol. The molecule has 0 aromatic heterocycles. The number of carbonyl (C=O) groups is 2. The molecule has 0 saturated carbocycles. The number of nitrogens with one attached hydrogen (secondary N) is 2. The van der Waals surface area contributed by atoms with Crippen molar-refractivity contribution in [3.8, 4) is 0 Å². The molecule has 0 bridgehead atoms. The number of carbonyl (C=O) groups excluding carboxylic acids is 1. The maximum atomic E-state index is 12.0. The highest BCUT2D eigenvalue weighted by Gasteiger charge is 2.20. The largest absolute Gasteiger partial charge is 0.480 e. The van der Waals surface area contributed by atoms with E-state index in [2.05, 4.69) is 10.6 Å². The molecular formula is C16H14Cl2N2O3. The second-order valence-corrected chi connectivity index (χ2v) is 5.65. The van der Waals surface area contributed by atoms with Gasteiger partial charge in [0.25, 0.3) is 0 Å². The fraction of sp³-hybridized carbons (Fsp3) is 0.125. The van der Waals surface area contributed by atoms with Crippen LogP contribution in [0.5, 0.6) is 0 Å². The molecule has 0 spiro atoms. The van der Waals surface area contributed by atoms with Gasteiger partial charge in [-0.25, -0.2) is 9.59 Å². The van der Waals surface area contributed by atoms with Crippen molar-refractivity contribution in [1.29, 1.82) is 0 Å². The fourth-order valence-corrected chi connectivity index (χ4v) is 2.30. The number of carboxylic acids is 1. The summed E-state index contributed by atoms with van der Waals surface area (Å²) in [7, 11) is 0. The first-order chi connectivity index (χ1) is 11.0. The van der Waals surface area contributed by atoms with Crippen LogP contribution in [-0.4, -0.2) is 23.1 Å². The van der Waals surface area contributed by atoms with Crippen molar-refractivity contribution in [2.75, 3.05) is 5.32 Å². The number of carboxylic acid groups (broad SMARTS) is 1. The summed E-state index contributed by atoms with van der Waals surface area (Å²) in [4.78, 5) is 23.3. The number of urea groups is 1. The number of hydrogen-bond donors (Lipinski definition) is 3. The van der Waals surface area contributed by atoms with Crippen LogP contribution in [0.3, 0.4) is 0 Å². The lowest BCUT2D eigenvalue weighted by atomic mass is 10.1. The van der Waals surface area contributed by atoms with Gasteiger partial charge in [0.15, 0.2) is 0 Å².